The van der Waals surface area contributed by atoms with E-state index in [1.54, 1.807) is 0 Å². The van der Waals surface area contributed by atoms with Crippen LogP contribution in [0.25, 0.3) is 0 Å². The number of carbonyl (C=O) groups is 1. The minimum atomic E-state index is -0.274. The van der Waals surface area contributed by atoms with Gasteiger partial charge in [0.15, 0.2) is 0 Å². The molecule has 1 saturated heterocycles. The van der Waals surface area contributed by atoms with Gasteiger partial charge in [-0.05, 0) is 11.8 Å². The third-order valence-corrected chi connectivity index (χ3v) is 1.72. The molecule has 1 heterocycles. The van der Waals surface area contributed by atoms with Gasteiger partial charge in [0, 0.05) is 5.75 Å². The van der Waals surface area contributed by atoms with Crippen molar-refractivity contribution in [3.05, 3.63) is 0 Å². The molecule has 1 aliphatic rings. The zero-order valence-electron chi connectivity index (χ0n) is 4.16. The minimum Gasteiger partial charge on any atom is -0.451 e. The highest BCUT2D eigenvalue weighted by Crippen LogP contribution is 2.18. The Morgan fingerprint density at radius 3 is 3.00 bits per heavy atom. The van der Waals surface area contributed by atoms with Crippen LogP contribution in [0, 0.1) is 0 Å². The van der Waals surface area contributed by atoms with Crippen molar-refractivity contribution in [3.63, 3.8) is 0 Å². The number of hydrogen-bond acceptors (Lipinski definition) is 4. The SMILES string of the molecule is O=C1OC(CO)CS1. The highest BCUT2D eigenvalue weighted by molar-refractivity contribution is 8.13. The lowest BCUT2D eigenvalue weighted by molar-refractivity contribution is 0.0968. The number of aliphatic hydroxyl groups is 1. The summed E-state index contributed by atoms with van der Waals surface area (Å²) in [6.07, 6.45) is -0.257. The standard InChI is InChI=1S/C4H6O3S/c5-1-3-2-8-4(6)7-3/h3,5H,1-2H2. The van der Waals surface area contributed by atoms with Crippen LogP contribution >= 0.6 is 11.8 Å². The third kappa shape index (κ3) is 1.14. The predicted molar refractivity (Wildman–Crippen MR) is 29.8 cm³/mol. The summed E-state index contributed by atoms with van der Waals surface area (Å²) in [5.41, 5.74) is 0. The van der Waals surface area contributed by atoms with Crippen molar-refractivity contribution in [3.8, 4) is 0 Å². The van der Waals surface area contributed by atoms with Crippen LogP contribution < -0.4 is 0 Å². The highest BCUT2D eigenvalue weighted by atomic mass is 32.2. The van der Waals surface area contributed by atoms with Crippen LogP contribution in [0.3, 0.4) is 0 Å². The molecule has 1 fully saturated rings. The average molecular weight is 134 g/mol. The molecule has 1 unspecified atom stereocenters. The van der Waals surface area contributed by atoms with Crippen molar-refractivity contribution in [2.24, 2.45) is 0 Å². The van der Waals surface area contributed by atoms with Gasteiger partial charge in [-0.3, -0.25) is 0 Å². The summed E-state index contributed by atoms with van der Waals surface area (Å²) < 4.78 is 4.58. The number of cyclic esters (lactones) is 1. The third-order valence-electron chi connectivity index (χ3n) is 0.854. The molecule has 0 aromatic heterocycles. The zero-order chi connectivity index (χ0) is 5.98. The number of aliphatic hydroxyl groups excluding tert-OH is 1. The van der Waals surface area contributed by atoms with E-state index in [9.17, 15) is 4.79 Å². The Bertz CT molecular complexity index is 103. The van der Waals surface area contributed by atoms with Crippen molar-refractivity contribution < 1.29 is 14.6 Å². The smallest absolute Gasteiger partial charge is 0.367 e. The lowest BCUT2D eigenvalue weighted by atomic mass is 10.4. The Balaban J connectivity index is 2.32. The van der Waals surface area contributed by atoms with Gasteiger partial charge in [0.1, 0.15) is 6.10 Å². The minimum absolute atomic E-state index is 0.0568. The first-order chi connectivity index (χ1) is 3.83. The predicted octanol–water partition coefficient (Wildman–Crippen LogP) is 0.231. The van der Waals surface area contributed by atoms with Crippen molar-refractivity contribution in [2.45, 2.75) is 6.10 Å². The quantitative estimate of drug-likeness (QED) is 0.521. The van der Waals surface area contributed by atoms with Crippen LogP contribution in [0.2, 0.25) is 0 Å². The van der Waals surface area contributed by atoms with Gasteiger partial charge < -0.3 is 9.84 Å². The van der Waals surface area contributed by atoms with Gasteiger partial charge in [-0.2, -0.15) is 0 Å². The maximum Gasteiger partial charge on any atom is 0.367 e. The van der Waals surface area contributed by atoms with Crippen LogP contribution in [-0.2, 0) is 4.74 Å². The molecule has 8 heavy (non-hydrogen) atoms. The molecule has 0 saturated carbocycles. The Labute approximate surface area is 51.0 Å². The molecular formula is C4H6O3S. The maximum atomic E-state index is 10.2. The van der Waals surface area contributed by atoms with Gasteiger partial charge in [0.25, 0.3) is 0 Å². The number of ether oxygens (including phenoxy) is 1. The van der Waals surface area contributed by atoms with Crippen LogP contribution in [0.15, 0.2) is 0 Å². The summed E-state index contributed by atoms with van der Waals surface area (Å²) in [5, 5.41) is 8.12. The molecule has 0 aliphatic carbocycles. The molecule has 3 nitrogen and oxygen atoms in total. The first-order valence-corrected chi connectivity index (χ1v) is 3.26. The summed E-state index contributed by atoms with van der Waals surface area (Å²) in [6, 6.07) is 0. The van der Waals surface area contributed by atoms with E-state index < -0.39 is 0 Å². The Hall–Kier alpha value is -0.220. The van der Waals surface area contributed by atoms with Crippen molar-refractivity contribution >= 4 is 17.1 Å². The molecule has 1 aliphatic heterocycles. The summed E-state index contributed by atoms with van der Waals surface area (Å²) in [4.78, 5) is 10.2. The number of thioether (sulfide) groups is 1. The number of hydrogen-bond donors (Lipinski definition) is 1. The fourth-order valence-corrected chi connectivity index (χ4v) is 1.15. The fourth-order valence-electron chi connectivity index (χ4n) is 0.455. The van der Waals surface area contributed by atoms with Crippen molar-refractivity contribution in [1.29, 1.82) is 0 Å². The van der Waals surface area contributed by atoms with E-state index in [-0.39, 0.29) is 18.0 Å². The molecule has 0 bridgehead atoms. The van der Waals surface area contributed by atoms with Crippen molar-refractivity contribution in [2.75, 3.05) is 12.4 Å². The molecule has 46 valence electrons. The van der Waals surface area contributed by atoms with Crippen LogP contribution in [0.4, 0.5) is 4.79 Å². The van der Waals surface area contributed by atoms with Crippen LogP contribution in [0.1, 0.15) is 0 Å². The van der Waals surface area contributed by atoms with E-state index in [1.165, 1.54) is 0 Å². The Kier molecular flexibility index (Phi) is 1.75. The van der Waals surface area contributed by atoms with Crippen LogP contribution in [-0.4, -0.2) is 28.9 Å². The van der Waals surface area contributed by atoms with Crippen LogP contribution in [0.5, 0.6) is 0 Å². The maximum absolute atomic E-state index is 10.2. The Morgan fingerprint density at radius 1 is 2.00 bits per heavy atom. The van der Waals surface area contributed by atoms with Crippen molar-refractivity contribution in [1.82, 2.24) is 0 Å². The monoisotopic (exact) mass is 134 g/mol. The number of carbonyl (C=O) groups excluding carboxylic acids is 1. The topological polar surface area (TPSA) is 46.5 Å². The molecule has 0 aromatic rings. The van der Waals surface area contributed by atoms with E-state index >= 15 is 0 Å². The van der Waals surface area contributed by atoms with Gasteiger partial charge >= 0.3 is 5.30 Å². The summed E-state index contributed by atoms with van der Waals surface area (Å²) in [7, 11) is 0. The average Bonchev–Trinajstić information content (AvgIpc) is 2.14. The summed E-state index contributed by atoms with van der Waals surface area (Å²) >= 11 is 1.11. The fraction of sp³-hybridized carbons (Fsp3) is 0.750. The second-order valence-corrected chi connectivity index (χ2v) is 2.44. The van der Waals surface area contributed by atoms with Gasteiger partial charge in [0.05, 0.1) is 6.61 Å². The van der Waals surface area contributed by atoms with E-state index in [0.717, 1.165) is 11.8 Å². The number of rotatable bonds is 1. The van der Waals surface area contributed by atoms with Gasteiger partial charge in [0.2, 0.25) is 0 Å². The van der Waals surface area contributed by atoms with E-state index in [1.807, 2.05) is 0 Å². The largest absolute Gasteiger partial charge is 0.451 e. The molecule has 0 radical (unpaired) electrons. The van der Waals surface area contributed by atoms with Gasteiger partial charge in [-0.15, -0.1) is 0 Å². The Morgan fingerprint density at radius 2 is 2.75 bits per heavy atom. The van der Waals surface area contributed by atoms with Gasteiger partial charge in [-0.1, -0.05) is 0 Å². The molecule has 0 amide bonds. The molecule has 1 rings (SSSR count). The lowest BCUT2D eigenvalue weighted by Crippen LogP contribution is -2.13. The normalized spacial score (nSPS) is 28.1. The molecule has 0 spiro atoms. The lowest BCUT2D eigenvalue weighted by Gasteiger charge is -1.99. The van der Waals surface area contributed by atoms with E-state index in [4.69, 9.17) is 5.11 Å². The summed E-state index contributed by atoms with van der Waals surface area (Å²) in [5.74, 6) is 0.593. The summed E-state index contributed by atoms with van der Waals surface area (Å²) in [6.45, 7) is -0.0568. The van der Waals surface area contributed by atoms with E-state index in [2.05, 4.69) is 4.74 Å². The first-order valence-electron chi connectivity index (χ1n) is 2.27. The molecular weight excluding hydrogens is 128 g/mol. The highest BCUT2D eigenvalue weighted by Gasteiger charge is 2.22. The molecule has 0 aromatic carbocycles. The second-order valence-electron chi connectivity index (χ2n) is 1.48. The first kappa shape index (κ1) is 5.91. The molecule has 1 atom stereocenters. The molecule has 4 heteroatoms. The van der Waals surface area contributed by atoms with Gasteiger partial charge in [-0.25, -0.2) is 4.79 Å². The second kappa shape index (κ2) is 2.37. The van der Waals surface area contributed by atoms with E-state index in [0.29, 0.717) is 5.75 Å². The zero-order valence-corrected chi connectivity index (χ0v) is 4.98. The molecule has 1 N–H and O–H groups in total.